The van der Waals surface area contributed by atoms with Crippen molar-refractivity contribution >= 4 is 11.6 Å². The standard InChI is InChI=1S/C16H12N2O2/c17-10-11-5-7-13(8-6-11)18-16(19)15-9-12-3-1-2-4-14(12)20-15/h1-8,15H,9H2,(H,18,19). The molecule has 0 bridgehead atoms. The molecule has 3 rings (SSSR count). The predicted molar refractivity (Wildman–Crippen MR) is 74.3 cm³/mol. The molecule has 4 heteroatoms. The third-order valence-electron chi connectivity index (χ3n) is 3.22. The van der Waals surface area contributed by atoms with Crippen molar-refractivity contribution < 1.29 is 9.53 Å². The fraction of sp³-hybridized carbons (Fsp3) is 0.125. The molecule has 98 valence electrons. The molecule has 2 aromatic carbocycles. The number of para-hydroxylation sites is 1. The average Bonchev–Trinajstić information content (AvgIpc) is 2.92. The Balaban J connectivity index is 1.68. The number of fused-ring (bicyclic) bond motifs is 1. The molecule has 0 radical (unpaired) electrons. The van der Waals surface area contributed by atoms with Gasteiger partial charge in [0.2, 0.25) is 0 Å². The van der Waals surface area contributed by atoms with Gasteiger partial charge in [0.05, 0.1) is 11.6 Å². The Labute approximate surface area is 116 Å². The maximum absolute atomic E-state index is 12.1. The molecule has 2 aromatic rings. The summed E-state index contributed by atoms with van der Waals surface area (Å²) in [5, 5.41) is 11.5. The Kier molecular flexibility index (Phi) is 3.10. The summed E-state index contributed by atoms with van der Waals surface area (Å²) in [4.78, 5) is 12.1. The van der Waals surface area contributed by atoms with Crippen molar-refractivity contribution in [2.24, 2.45) is 0 Å². The SMILES string of the molecule is N#Cc1ccc(NC(=O)C2Cc3ccccc3O2)cc1. The van der Waals surface area contributed by atoms with Gasteiger partial charge in [0.25, 0.3) is 5.91 Å². The van der Waals surface area contributed by atoms with Crippen LogP contribution in [0.1, 0.15) is 11.1 Å². The smallest absolute Gasteiger partial charge is 0.265 e. The maximum Gasteiger partial charge on any atom is 0.265 e. The molecule has 20 heavy (non-hydrogen) atoms. The van der Waals surface area contributed by atoms with Crippen LogP contribution < -0.4 is 10.1 Å². The van der Waals surface area contributed by atoms with Crippen LogP contribution >= 0.6 is 0 Å². The number of rotatable bonds is 2. The second-order valence-electron chi connectivity index (χ2n) is 4.60. The minimum Gasteiger partial charge on any atom is -0.480 e. The van der Waals surface area contributed by atoms with Crippen molar-refractivity contribution in [2.75, 3.05) is 5.32 Å². The first-order valence-electron chi connectivity index (χ1n) is 6.32. The Hall–Kier alpha value is -2.80. The molecule has 0 spiro atoms. The number of carbonyl (C=O) groups excluding carboxylic acids is 1. The van der Waals surface area contributed by atoms with Gasteiger partial charge in [0, 0.05) is 12.1 Å². The highest BCUT2D eigenvalue weighted by molar-refractivity contribution is 5.95. The number of nitrogens with zero attached hydrogens (tertiary/aromatic N) is 1. The molecule has 4 nitrogen and oxygen atoms in total. The summed E-state index contributed by atoms with van der Waals surface area (Å²) in [5.74, 6) is 0.596. The van der Waals surface area contributed by atoms with E-state index >= 15 is 0 Å². The molecule has 0 fully saturated rings. The zero-order valence-electron chi connectivity index (χ0n) is 10.7. The second kappa shape index (κ2) is 5.06. The van der Waals surface area contributed by atoms with E-state index in [-0.39, 0.29) is 5.91 Å². The van der Waals surface area contributed by atoms with Gasteiger partial charge in [0.1, 0.15) is 5.75 Å². The van der Waals surface area contributed by atoms with Crippen molar-refractivity contribution in [2.45, 2.75) is 12.5 Å². The Bertz CT molecular complexity index is 661. The van der Waals surface area contributed by atoms with E-state index in [4.69, 9.17) is 10.00 Å². The van der Waals surface area contributed by atoms with Crippen LogP contribution in [-0.4, -0.2) is 12.0 Å². The van der Waals surface area contributed by atoms with E-state index in [1.165, 1.54) is 0 Å². The van der Waals surface area contributed by atoms with Gasteiger partial charge in [-0.2, -0.15) is 5.26 Å². The van der Waals surface area contributed by atoms with Crippen LogP contribution in [0.3, 0.4) is 0 Å². The van der Waals surface area contributed by atoms with E-state index in [0.717, 1.165) is 11.3 Å². The lowest BCUT2D eigenvalue weighted by Gasteiger charge is -2.11. The molecule has 1 aliphatic rings. The number of nitriles is 1. The van der Waals surface area contributed by atoms with Crippen LogP contribution in [0.2, 0.25) is 0 Å². The highest BCUT2D eigenvalue weighted by Gasteiger charge is 2.28. The highest BCUT2D eigenvalue weighted by atomic mass is 16.5. The zero-order valence-corrected chi connectivity index (χ0v) is 10.7. The van der Waals surface area contributed by atoms with Gasteiger partial charge < -0.3 is 10.1 Å². The van der Waals surface area contributed by atoms with E-state index in [1.807, 2.05) is 30.3 Å². The molecule has 1 aliphatic heterocycles. The third-order valence-corrected chi connectivity index (χ3v) is 3.22. The predicted octanol–water partition coefficient (Wildman–Crippen LogP) is 2.50. The van der Waals surface area contributed by atoms with E-state index in [9.17, 15) is 4.79 Å². The molecule has 0 aliphatic carbocycles. The molecule has 0 saturated heterocycles. The normalized spacial score (nSPS) is 15.8. The Morgan fingerprint density at radius 3 is 2.65 bits per heavy atom. The molecule has 1 heterocycles. The van der Waals surface area contributed by atoms with E-state index in [2.05, 4.69) is 5.32 Å². The number of hydrogen-bond acceptors (Lipinski definition) is 3. The Morgan fingerprint density at radius 2 is 1.95 bits per heavy atom. The maximum atomic E-state index is 12.1. The van der Waals surface area contributed by atoms with Gasteiger partial charge in [0.15, 0.2) is 6.10 Å². The molecule has 1 atom stereocenters. The van der Waals surface area contributed by atoms with Crippen LogP contribution in [0, 0.1) is 11.3 Å². The average molecular weight is 264 g/mol. The van der Waals surface area contributed by atoms with Crippen LogP contribution in [0.15, 0.2) is 48.5 Å². The lowest BCUT2D eigenvalue weighted by atomic mass is 10.1. The van der Waals surface area contributed by atoms with Gasteiger partial charge in [-0.3, -0.25) is 4.79 Å². The summed E-state index contributed by atoms with van der Waals surface area (Å²) in [6, 6.07) is 16.4. The van der Waals surface area contributed by atoms with Crippen molar-refractivity contribution in [3.63, 3.8) is 0 Å². The van der Waals surface area contributed by atoms with E-state index in [1.54, 1.807) is 24.3 Å². The zero-order chi connectivity index (χ0) is 13.9. The number of anilines is 1. The first-order valence-corrected chi connectivity index (χ1v) is 6.32. The number of ether oxygens (including phenoxy) is 1. The van der Waals surface area contributed by atoms with Crippen molar-refractivity contribution in [3.05, 3.63) is 59.7 Å². The Morgan fingerprint density at radius 1 is 1.20 bits per heavy atom. The van der Waals surface area contributed by atoms with E-state index < -0.39 is 6.10 Å². The molecule has 1 unspecified atom stereocenters. The highest BCUT2D eigenvalue weighted by Crippen LogP contribution is 2.28. The molecule has 1 N–H and O–H groups in total. The molecular formula is C16H12N2O2. The van der Waals surface area contributed by atoms with Crippen LogP contribution in [-0.2, 0) is 11.2 Å². The van der Waals surface area contributed by atoms with Crippen LogP contribution in [0.5, 0.6) is 5.75 Å². The molecular weight excluding hydrogens is 252 g/mol. The second-order valence-corrected chi connectivity index (χ2v) is 4.60. The van der Waals surface area contributed by atoms with Crippen molar-refractivity contribution in [1.29, 1.82) is 5.26 Å². The molecule has 1 amide bonds. The summed E-state index contributed by atoms with van der Waals surface area (Å²) in [5.41, 5.74) is 2.27. The van der Waals surface area contributed by atoms with Crippen molar-refractivity contribution in [3.8, 4) is 11.8 Å². The molecule has 0 aromatic heterocycles. The summed E-state index contributed by atoms with van der Waals surface area (Å²) in [6.45, 7) is 0. The first-order chi connectivity index (χ1) is 9.76. The minimum absolute atomic E-state index is 0.175. The number of amides is 1. The van der Waals surface area contributed by atoms with Crippen molar-refractivity contribution in [1.82, 2.24) is 0 Å². The van der Waals surface area contributed by atoms with Gasteiger partial charge >= 0.3 is 0 Å². The summed E-state index contributed by atoms with van der Waals surface area (Å²) < 4.78 is 5.62. The van der Waals surface area contributed by atoms with Gasteiger partial charge in [-0.05, 0) is 35.9 Å². The fourth-order valence-corrected chi connectivity index (χ4v) is 2.18. The number of nitrogens with one attached hydrogen (secondary N) is 1. The summed E-state index contributed by atoms with van der Waals surface area (Å²) >= 11 is 0. The number of benzene rings is 2. The number of hydrogen-bond donors (Lipinski definition) is 1. The monoisotopic (exact) mass is 264 g/mol. The summed E-state index contributed by atoms with van der Waals surface area (Å²) in [7, 11) is 0. The quantitative estimate of drug-likeness (QED) is 0.906. The minimum atomic E-state index is -0.497. The van der Waals surface area contributed by atoms with Gasteiger partial charge in [-0.25, -0.2) is 0 Å². The third kappa shape index (κ3) is 2.34. The lowest BCUT2D eigenvalue weighted by molar-refractivity contribution is -0.122. The largest absolute Gasteiger partial charge is 0.480 e. The topological polar surface area (TPSA) is 62.1 Å². The van der Waals surface area contributed by atoms with E-state index in [0.29, 0.717) is 17.7 Å². The van der Waals surface area contributed by atoms with Crippen LogP contribution in [0.4, 0.5) is 5.69 Å². The lowest BCUT2D eigenvalue weighted by Crippen LogP contribution is -2.31. The fourth-order valence-electron chi connectivity index (χ4n) is 2.18. The van der Waals surface area contributed by atoms with Crippen LogP contribution in [0.25, 0.3) is 0 Å². The summed E-state index contributed by atoms with van der Waals surface area (Å²) in [6.07, 6.45) is 0.0845. The number of carbonyl (C=O) groups is 1. The van der Waals surface area contributed by atoms with Gasteiger partial charge in [-0.1, -0.05) is 18.2 Å². The van der Waals surface area contributed by atoms with Gasteiger partial charge in [-0.15, -0.1) is 0 Å². The first kappa shape index (κ1) is 12.2. The molecule has 0 saturated carbocycles.